The van der Waals surface area contributed by atoms with E-state index in [0.717, 1.165) is 39.7 Å². The molecule has 0 saturated carbocycles. The van der Waals surface area contributed by atoms with Crippen LogP contribution in [0.1, 0.15) is 71.6 Å². The van der Waals surface area contributed by atoms with Crippen LogP contribution in [0.2, 0.25) is 0 Å². The maximum absolute atomic E-state index is 11.6. The van der Waals surface area contributed by atoms with Crippen molar-refractivity contribution < 1.29 is 71.8 Å². The van der Waals surface area contributed by atoms with Gasteiger partial charge in [0.2, 0.25) is 0 Å². The fraction of sp³-hybridized carbons (Fsp3) is 0.941. The Bertz CT molecular complexity index is 766. The number of unbranched alkanes of at least 4 members (excludes halogenated alkanes) is 7. The van der Waals surface area contributed by atoms with Gasteiger partial charge in [0.25, 0.3) is 11.0 Å². The van der Waals surface area contributed by atoms with Gasteiger partial charge in [0.15, 0.2) is 0 Å². The molecule has 0 aliphatic rings. The number of quaternary nitrogens is 1. The van der Waals surface area contributed by atoms with Crippen molar-refractivity contribution in [2.24, 2.45) is 5.73 Å². The van der Waals surface area contributed by atoms with Crippen LogP contribution in [0.5, 0.6) is 0 Å². The Kier molecular flexibility index (Phi) is 17.9. The largest absolute Gasteiger partial charge is 0.481 e. The van der Waals surface area contributed by atoms with Gasteiger partial charge in [0, 0.05) is 6.42 Å². The third-order valence-corrected chi connectivity index (χ3v) is 13.5. The molecule has 0 bridgehead atoms. The molecule has 0 saturated heterocycles. The fourth-order valence-electron chi connectivity index (χ4n) is 4.07. The van der Waals surface area contributed by atoms with Gasteiger partial charge in [-0.05, 0) is 33.2 Å². The van der Waals surface area contributed by atoms with Gasteiger partial charge in [-0.1, -0.05) is 38.5 Å². The van der Waals surface area contributed by atoms with Gasteiger partial charge < -0.3 is 50.0 Å². The van der Waals surface area contributed by atoms with Crippen LogP contribution in [-0.4, -0.2) is 85.4 Å². The molecule has 0 amide bonds. The van der Waals surface area contributed by atoms with Gasteiger partial charge in [-0.3, -0.25) is 27.5 Å². The normalized spacial score (nSPS) is 13.5. The number of carboxylic acid groups (broad SMARTS) is 1. The first kappa shape index (κ1) is 39.1. The first-order chi connectivity index (χ1) is 16.6. The monoisotopic (exact) mass is 623 g/mol. The number of carbonyl (C=O) groups is 1. The summed E-state index contributed by atoms with van der Waals surface area (Å²) in [7, 11) is -22.9. The third kappa shape index (κ3) is 14.8. The summed E-state index contributed by atoms with van der Waals surface area (Å²) in [5.41, 5.74) is -0.683. The molecule has 0 radical (unpaired) electrons. The second kappa shape index (κ2) is 16.9. The maximum atomic E-state index is 11.6. The molecule has 0 aromatic rings. The number of hydrogen-bond acceptors (Lipinski definition) is 6. The Labute approximate surface area is 216 Å². The summed E-state index contributed by atoms with van der Waals surface area (Å²) in [6.07, 6.45) is 9.56. The minimum absolute atomic E-state index is 0.327. The second-order valence-electron chi connectivity index (χ2n) is 8.55. The predicted molar refractivity (Wildman–Crippen MR) is 135 cm³/mol. The number of carboxylic acids is 1. The molecule has 16 nitrogen and oxygen atoms in total. The van der Waals surface area contributed by atoms with Crippen LogP contribution < -0.4 is 5.73 Å². The van der Waals surface area contributed by atoms with E-state index in [1.165, 1.54) is 32.1 Å². The Morgan fingerprint density at radius 1 is 0.622 bits per heavy atom. The van der Waals surface area contributed by atoms with Crippen molar-refractivity contribution in [2.45, 2.75) is 82.7 Å². The smallest absolute Gasteiger partial charge is 0.395 e. The van der Waals surface area contributed by atoms with E-state index >= 15 is 0 Å². The molecular formula is C17H43N2O14P4+. The summed E-state index contributed by atoms with van der Waals surface area (Å²) < 4.78 is 44.5. The van der Waals surface area contributed by atoms with Crippen molar-refractivity contribution in [1.82, 2.24) is 0 Å². The highest BCUT2D eigenvalue weighted by Crippen LogP contribution is 2.71. The topological polar surface area (TPSA) is 293 Å². The molecule has 0 aliphatic carbocycles. The number of nitrogens with zero attached hydrogens (tertiary/aromatic N) is 1. The lowest BCUT2D eigenvalue weighted by atomic mass is 10.1. The summed E-state index contributed by atoms with van der Waals surface area (Å²) in [6.45, 7) is 1.36. The van der Waals surface area contributed by atoms with Crippen molar-refractivity contribution in [2.75, 3.05) is 19.6 Å². The lowest BCUT2D eigenvalue weighted by molar-refractivity contribution is -0.927. The molecule has 11 N–H and O–H groups in total. The average molecular weight is 623 g/mol. The quantitative estimate of drug-likeness (QED) is 0.0590. The van der Waals surface area contributed by atoms with Crippen LogP contribution in [0.4, 0.5) is 0 Å². The summed E-state index contributed by atoms with van der Waals surface area (Å²) in [5, 5.41) is 8.40. The first-order valence-corrected chi connectivity index (χ1v) is 18.3. The first-order valence-electron chi connectivity index (χ1n) is 11.6. The molecule has 0 aliphatic heterocycles. The lowest BCUT2D eigenvalue weighted by Gasteiger charge is -2.47. The van der Waals surface area contributed by atoms with Crippen LogP contribution in [0.25, 0.3) is 0 Å². The molecule has 0 heterocycles. The maximum Gasteiger partial charge on any atom is 0.395 e. The summed E-state index contributed by atoms with van der Waals surface area (Å²) in [4.78, 5) is 84.5. The van der Waals surface area contributed by atoms with E-state index in [1.807, 2.05) is 0 Å². The molecule has 0 rings (SSSR count). The molecule has 37 heavy (non-hydrogen) atoms. The van der Waals surface area contributed by atoms with Crippen molar-refractivity contribution in [3.05, 3.63) is 0 Å². The van der Waals surface area contributed by atoms with E-state index in [9.17, 15) is 62.2 Å². The van der Waals surface area contributed by atoms with Crippen LogP contribution in [0.3, 0.4) is 0 Å². The number of aliphatic carboxylic acids is 1. The Hall–Kier alpha value is -0.0100. The third-order valence-electron chi connectivity index (χ3n) is 5.65. The van der Waals surface area contributed by atoms with Gasteiger partial charge in [0.1, 0.15) is 0 Å². The van der Waals surface area contributed by atoms with E-state index < -0.39 is 65.0 Å². The Morgan fingerprint density at radius 2 is 0.892 bits per heavy atom. The average Bonchev–Trinajstić information content (AvgIpc) is 2.68. The molecule has 20 heteroatoms. The molecule has 0 unspecified atom stereocenters. The number of rotatable bonds is 18. The molecule has 0 atom stereocenters. The number of hydrogen-bond donors (Lipinski definition) is 10. The van der Waals surface area contributed by atoms with Crippen molar-refractivity contribution in [1.29, 1.82) is 0 Å². The van der Waals surface area contributed by atoms with E-state index in [4.69, 9.17) is 10.8 Å². The zero-order valence-electron chi connectivity index (χ0n) is 21.0. The summed E-state index contributed by atoms with van der Waals surface area (Å²) in [5.74, 6) is -0.673. The van der Waals surface area contributed by atoms with E-state index in [2.05, 4.69) is 0 Å². The Morgan fingerprint density at radius 3 is 1.11 bits per heavy atom. The van der Waals surface area contributed by atoms with Crippen LogP contribution in [0, 0.1) is 0 Å². The number of nitrogens with two attached hydrogens (primary N) is 1. The highest BCUT2D eigenvalue weighted by Gasteiger charge is 2.68. The molecule has 224 valence electrons. The summed E-state index contributed by atoms with van der Waals surface area (Å²) >= 11 is 0. The van der Waals surface area contributed by atoms with E-state index in [-0.39, 0.29) is 0 Å². The van der Waals surface area contributed by atoms with Crippen molar-refractivity contribution >= 4 is 36.4 Å². The minimum atomic E-state index is -5.72. The van der Waals surface area contributed by atoms with Crippen molar-refractivity contribution in [3.8, 4) is 0 Å². The second-order valence-corrected chi connectivity index (χ2v) is 16.0. The highest BCUT2D eigenvalue weighted by molar-refractivity contribution is 7.72. The zero-order valence-corrected chi connectivity index (χ0v) is 24.6. The van der Waals surface area contributed by atoms with Gasteiger partial charge >= 0.3 is 36.4 Å². The van der Waals surface area contributed by atoms with Gasteiger partial charge in [0.05, 0.1) is 13.1 Å². The van der Waals surface area contributed by atoms with E-state index in [1.54, 1.807) is 0 Å². The zero-order chi connectivity index (χ0) is 29.7. The minimum Gasteiger partial charge on any atom is -0.481 e. The molecule has 0 aromatic heterocycles. The van der Waals surface area contributed by atoms with Gasteiger partial charge in [-0.15, -0.1) is 0 Å². The van der Waals surface area contributed by atoms with Gasteiger partial charge in [-0.2, -0.15) is 0 Å². The molecule has 0 fully saturated rings. The van der Waals surface area contributed by atoms with Crippen molar-refractivity contribution in [3.63, 3.8) is 0 Å². The highest BCUT2D eigenvalue weighted by atomic mass is 31.2. The lowest BCUT2D eigenvalue weighted by Crippen LogP contribution is -2.60. The van der Waals surface area contributed by atoms with Crippen LogP contribution >= 0.6 is 30.4 Å². The SMILES string of the molecule is CC[N+](CC)(C(P(=O)(O)O)P(=O)(O)O)C(P(=O)(O)O)P(=O)(O)O.NCCCCCCCCCCC(=O)O. The van der Waals surface area contributed by atoms with E-state index in [0.29, 0.717) is 6.42 Å². The predicted octanol–water partition coefficient (Wildman–Crippen LogP) is 1.66. The molecule has 0 aromatic carbocycles. The standard InChI is InChI=1S/C11H23NO2.C6H19NO12P4/c12-10-8-6-4-2-1-3-5-7-9-11(13)14;1-3-7(4-2,5(20(8,9)10)21(11,12)13)6(22(14,15)16)23(17,18)19/h1-10,12H2,(H,13,14);5-6H,3-4H2,1-2H3,(H7-,8,9,10,11,12,13,14,15,16,17,18,19)/p+1. The van der Waals surface area contributed by atoms with Crippen LogP contribution in [-0.2, 0) is 23.1 Å². The molecule has 0 spiro atoms. The van der Waals surface area contributed by atoms with Crippen LogP contribution in [0.15, 0.2) is 0 Å². The Balaban J connectivity index is 0. The summed E-state index contributed by atoms with van der Waals surface area (Å²) in [6, 6.07) is 0. The molecular weight excluding hydrogens is 580 g/mol. The fourth-order valence-corrected chi connectivity index (χ4v) is 11.9. The van der Waals surface area contributed by atoms with Gasteiger partial charge in [-0.25, -0.2) is 0 Å².